The second-order valence-electron chi connectivity index (χ2n) is 23.1. The molecule has 90 heavy (non-hydrogen) atoms. The van der Waals surface area contributed by atoms with E-state index in [0.717, 1.165) is 48.0 Å². The Kier molecular flexibility index (Phi) is 33.0. The van der Waals surface area contributed by atoms with Crippen molar-refractivity contribution in [3.05, 3.63) is 12.2 Å². The van der Waals surface area contributed by atoms with Gasteiger partial charge in [-0.2, -0.15) is 0 Å². The molecule has 0 bridgehead atoms. The van der Waals surface area contributed by atoms with Crippen molar-refractivity contribution >= 4 is 94.8 Å². The molecule has 0 radical (unpaired) electrons. The Labute approximate surface area is 521 Å². The summed E-state index contributed by atoms with van der Waals surface area (Å²) in [6.45, 7) is 3.72. The lowest BCUT2D eigenvalue weighted by molar-refractivity contribution is -0.146. The van der Waals surface area contributed by atoms with Crippen molar-refractivity contribution in [1.82, 2.24) is 63.0 Å². The molecule has 3 rings (SSSR count). The number of piperidine rings is 1. The van der Waals surface area contributed by atoms with Crippen molar-refractivity contribution in [2.45, 2.75) is 204 Å². The second kappa shape index (κ2) is 39.3. The number of carbonyl (C=O) groups is 16. The van der Waals surface area contributed by atoms with Crippen LogP contribution in [0.3, 0.4) is 0 Å². The van der Waals surface area contributed by atoms with Gasteiger partial charge in [-0.05, 0) is 62.9 Å². The number of hydrogen-bond donors (Lipinski definition) is 14. The number of fused-ring (bicyclic) bond motifs is 2. The number of nitrogens with zero attached hydrogens (tertiary/aromatic N) is 2. The molecular weight excluding hydrogens is 1180 g/mol. The Balaban J connectivity index is 1.97. The first-order valence-electron chi connectivity index (χ1n) is 30.7. The molecule has 502 valence electrons. The predicted molar refractivity (Wildman–Crippen MR) is 316 cm³/mol. The average molecular weight is 1280 g/mol. The highest BCUT2D eigenvalue weighted by Crippen LogP contribution is 2.23. The number of rotatable bonds is 25. The molecule has 3 aliphatic rings. The van der Waals surface area contributed by atoms with Crippen LogP contribution in [0.25, 0.3) is 0 Å². The number of aliphatic carboxylic acids is 4. The topological polar surface area (TPSA) is 481 Å². The monoisotopic (exact) mass is 1270 g/mol. The molecule has 14 N–H and O–H groups in total. The maximum absolute atomic E-state index is 14.7. The molecule has 0 spiro atoms. The smallest absolute Gasteiger partial charge is 0.326 e. The Morgan fingerprint density at radius 2 is 1.01 bits per heavy atom. The summed E-state index contributed by atoms with van der Waals surface area (Å²) in [7, 11) is 0. The van der Waals surface area contributed by atoms with Gasteiger partial charge < -0.3 is 83.4 Å². The SMILES string of the molecule is CCC(C)[C@@H]1NC(=O)[C@H](CC(=O)O)NC(=O)CNC(=O)[C@H](CC(=O)O)NC(=O)CNC(=O)[C@H](CC(=O)O)NC(=O)CNC(=O)[C@@H]2CCCCN2C(=O)[C@@H](NC(=O)C[C@H](NC(=O)/C=C/CCCCCCCCCCC(C)C)C(=O)O)CNC(=O)[C@@H]2CCCN2C1=O. The van der Waals surface area contributed by atoms with E-state index in [2.05, 4.69) is 51.1 Å². The van der Waals surface area contributed by atoms with Gasteiger partial charge in [-0.1, -0.05) is 91.6 Å². The van der Waals surface area contributed by atoms with Crippen molar-refractivity contribution < 1.29 is 97.1 Å². The summed E-state index contributed by atoms with van der Waals surface area (Å²) in [5.41, 5.74) is 0. The zero-order chi connectivity index (χ0) is 67.0. The van der Waals surface area contributed by atoms with Crippen molar-refractivity contribution in [3.8, 4) is 0 Å². The number of amides is 12. The van der Waals surface area contributed by atoms with Gasteiger partial charge in [0.15, 0.2) is 0 Å². The number of carbonyl (C=O) groups excluding carboxylic acids is 12. The third-order valence-corrected chi connectivity index (χ3v) is 15.4. The van der Waals surface area contributed by atoms with Crippen LogP contribution in [0.15, 0.2) is 12.2 Å². The largest absolute Gasteiger partial charge is 0.481 e. The van der Waals surface area contributed by atoms with Crippen LogP contribution < -0.4 is 53.2 Å². The highest BCUT2D eigenvalue weighted by molar-refractivity contribution is 6.00. The Morgan fingerprint density at radius 1 is 0.556 bits per heavy atom. The van der Waals surface area contributed by atoms with Gasteiger partial charge in [-0.25, -0.2) is 4.79 Å². The van der Waals surface area contributed by atoms with E-state index in [1.165, 1.54) is 25.7 Å². The molecule has 3 fully saturated rings. The number of carboxylic acid groups (broad SMARTS) is 4. The summed E-state index contributed by atoms with van der Waals surface area (Å²) in [5.74, 6) is -19.3. The van der Waals surface area contributed by atoms with E-state index in [4.69, 9.17) is 0 Å². The lowest BCUT2D eigenvalue weighted by Gasteiger charge is -2.37. The van der Waals surface area contributed by atoms with Crippen LogP contribution in [0, 0.1) is 11.8 Å². The minimum atomic E-state index is -1.93. The van der Waals surface area contributed by atoms with Crippen LogP contribution in [-0.2, 0) is 76.7 Å². The van der Waals surface area contributed by atoms with Crippen molar-refractivity contribution in [2.75, 3.05) is 39.3 Å². The van der Waals surface area contributed by atoms with E-state index in [1.807, 2.05) is 16.0 Å². The van der Waals surface area contributed by atoms with Gasteiger partial charge in [-0.3, -0.25) is 71.9 Å². The molecule has 0 aromatic rings. The zero-order valence-corrected chi connectivity index (χ0v) is 51.5. The molecule has 1 unspecified atom stereocenters. The average Bonchev–Trinajstić information content (AvgIpc) is 1.52. The van der Waals surface area contributed by atoms with E-state index in [9.17, 15) is 97.1 Å². The maximum atomic E-state index is 14.7. The molecule has 0 aromatic carbocycles. The minimum Gasteiger partial charge on any atom is -0.481 e. The molecule has 9 atom stereocenters. The highest BCUT2D eigenvalue weighted by atomic mass is 16.4. The third kappa shape index (κ3) is 27.3. The standard InChI is InChI=1S/C58H90N12O20/c1-5-34(4)50-57(88)70-24-18-21-41(70)54(85)59-29-39(67-43(72)25-38(58(89)90)66-42(71)22-15-13-11-9-7-6-8-10-12-14-19-33(2)3)56(87)69-23-17-16-20-40(69)55(86)62-32-46(75)64-36(27-48(78)79)52(83)60-30-44(73)63-35(26-47(76)77)51(82)61-31-45(74)65-37(28-49(80)81)53(84)68-50/h15,22,33-41,50H,5-14,16-21,23-32H2,1-4H3,(H,59,85)(H,60,83)(H,61,82)(H,62,86)(H,63,73)(H,64,75)(H,65,74)(H,66,71)(H,67,72)(H,68,84)(H,76,77)(H,78,79)(H,80,81)(H,89,90)/b22-15+/t34?,35-,36-,37-,38-,39-,40-,41-,50-/m0/s1. The van der Waals surface area contributed by atoms with Crippen LogP contribution in [0.5, 0.6) is 0 Å². The molecule has 0 saturated carbocycles. The van der Waals surface area contributed by atoms with Crippen LogP contribution in [0.4, 0.5) is 0 Å². The summed E-state index contributed by atoms with van der Waals surface area (Å²) in [6.07, 6.45) is 10.0. The second-order valence-corrected chi connectivity index (χ2v) is 23.1. The number of hydrogen-bond acceptors (Lipinski definition) is 16. The van der Waals surface area contributed by atoms with Crippen molar-refractivity contribution in [3.63, 3.8) is 0 Å². The lowest BCUT2D eigenvalue weighted by atomic mass is 9.96. The minimum absolute atomic E-state index is 0.0247. The van der Waals surface area contributed by atoms with E-state index in [1.54, 1.807) is 19.9 Å². The Morgan fingerprint density at radius 3 is 1.51 bits per heavy atom. The zero-order valence-electron chi connectivity index (χ0n) is 51.5. The summed E-state index contributed by atoms with van der Waals surface area (Å²) < 4.78 is 0. The molecular formula is C58H90N12O20. The van der Waals surface area contributed by atoms with Crippen molar-refractivity contribution in [2.24, 2.45) is 11.8 Å². The maximum Gasteiger partial charge on any atom is 0.326 e. The number of allylic oxidation sites excluding steroid dienone is 1. The number of carboxylic acids is 4. The van der Waals surface area contributed by atoms with Crippen LogP contribution >= 0.6 is 0 Å². The third-order valence-electron chi connectivity index (χ3n) is 15.4. The van der Waals surface area contributed by atoms with E-state index >= 15 is 0 Å². The van der Waals surface area contributed by atoms with Gasteiger partial charge in [0.25, 0.3) is 0 Å². The fourth-order valence-corrected chi connectivity index (χ4v) is 10.3. The quantitative estimate of drug-likeness (QED) is 0.0341. The molecule has 0 aromatic heterocycles. The fourth-order valence-electron chi connectivity index (χ4n) is 10.3. The van der Waals surface area contributed by atoms with Gasteiger partial charge in [0.1, 0.15) is 48.3 Å². The first kappa shape index (κ1) is 75.5. The van der Waals surface area contributed by atoms with Crippen LogP contribution in [-0.4, -0.2) is 213 Å². The summed E-state index contributed by atoms with van der Waals surface area (Å²) in [4.78, 5) is 214. The van der Waals surface area contributed by atoms with E-state index in [0.29, 0.717) is 25.2 Å². The highest BCUT2D eigenvalue weighted by Gasteiger charge is 2.42. The van der Waals surface area contributed by atoms with E-state index < -0.39 is 201 Å². The van der Waals surface area contributed by atoms with Crippen molar-refractivity contribution in [1.29, 1.82) is 0 Å². The van der Waals surface area contributed by atoms with Gasteiger partial charge >= 0.3 is 23.9 Å². The summed E-state index contributed by atoms with van der Waals surface area (Å²) >= 11 is 0. The molecule has 12 amide bonds. The first-order valence-corrected chi connectivity index (χ1v) is 30.7. The van der Waals surface area contributed by atoms with Gasteiger partial charge in [0.2, 0.25) is 70.9 Å². The molecule has 32 heteroatoms. The summed E-state index contributed by atoms with van der Waals surface area (Å²) in [5, 5.41) is 61.3. The van der Waals surface area contributed by atoms with Crippen LogP contribution in [0.2, 0.25) is 0 Å². The number of nitrogens with one attached hydrogen (secondary N) is 10. The molecule has 3 heterocycles. The molecule has 32 nitrogen and oxygen atoms in total. The predicted octanol–water partition coefficient (Wildman–Crippen LogP) is -2.20. The van der Waals surface area contributed by atoms with Gasteiger partial charge in [-0.15, -0.1) is 0 Å². The first-order chi connectivity index (χ1) is 42.6. The molecule has 3 saturated heterocycles. The lowest BCUT2D eigenvalue weighted by Crippen LogP contribution is -2.61. The molecule has 3 aliphatic heterocycles. The fraction of sp³-hybridized carbons (Fsp3) is 0.690. The van der Waals surface area contributed by atoms with Gasteiger partial charge in [0.05, 0.1) is 45.3 Å². The Bertz CT molecular complexity index is 2620. The Hall–Kier alpha value is -8.74. The molecule has 0 aliphatic carbocycles. The van der Waals surface area contributed by atoms with Gasteiger partial charge in [0, 0.05) is 19.6 Å². The normalized spacial score (nSPS) is 23.4. The summed E-state index contributed by atoms with van der Waals surface area (Å²) in [6, 6.07) is -13.5. The van der Waals surface area contributed by atoms with Crippen LogP contribution in [0.1, 0.15) is 156 Å². The number of unbranched alkanes of at least 4 members (excludes halogenated alkanes) is 8. The van der Waals surface area contributed by atoms with E-state index in [-0.39, 0.29) is 38.8 Å².